The van der Waals surface area contributed by atoms with E-state index in [-0.39, 0.29) is 23.8 Å². The Kier molecular flexibility index (Phi) is 3.96. The van der Waals surface area contributed by atoms with E-state index in [0.29, 0.717) is 6.42 Å². The third kappa shape index (κ3) is 2.28. The van der Waals surface area contributed by atoms with Crippen LogP contribution in [0.4, 0.5) is 0 Å². The van der Waals surface area contributed by atoms with Gasteiger partial charge in [0.25, 0.3) is 0 Å². The highest BCUT2D eigenvalue weighted by Gasteiger charge is 2.87. The molecule has 1 spiro atoms. The van der Waals surface area contributed by atoms with Crippen molar-refractivity contribution in [3.63, 3.8) is 0 Å². The number of esters is 2. The van der Waals surface area contributed by atoms with Gasteiger partial charge in [0.15, 0.2) is 6.10 Å². The molecule has 1 aromatic heterocycles. The van der Waals surface area contributed by atoms with Crippen LogP contribution >= 0.6 is 0 Å². The standard InChI is InChI=1S/C26H32O7/c1-22(2)16-12-17(27)25(5)15(23(16,3)9-7-18(28)32-22)6-10-24(4)19(14-8-11-30-13-14)31-21(29)20-26(24,25)33-20/h7-9,11,13,15-17,19-20,27H,6,10,12H2,1-5H3/t15-,16+,17-,19+,20-,23+,24-,25-,26+/m0/s1. The number of carbonyl (C=O) groups excluding carboxylic acids is 2. The van der Waals surface area contributed by atoms with E-state index in [9.17, 15) is 14.7 Å². The first-order chi connectivity index (χ1) is 15.4. The van der Waals surface area contributed by atoms with E-state index in [4.69, 9.17) is 18.6 Å². The Hall–Kier alpha value is -2.12. The predicted octanol–water partition coefficient (Wildman–Crippen LogP) is 3.72. The minimum absolute atomic E-state index is 0.0160. The maximum atomic E-state index is 13.1. The third-order valence-electron chi connectivity index (χ3n) is 10.2. The molecule has 7 heteroatoms. The summed E-state index contributed by atoms with van der Waals surface area (Å²) < 4.78 is 23.4. The molecule has 33 heavy (non-hydrogen) atoms. The fourth-order valence-electron chi connectivity index (χ4n) is 8.79. The molecule has 2 saturated heterocycles. The smallest absolute Gasteiger partial charge is 0.339 e. The number of cyclic esters (lactones) is 2. The molecule has 1 aromatic rings. The molecule has 1 N–H and O–H groups in total. The Morgan fingerprint density at radius 1 is 1.06 bits per heavy atom. The summed E-state index contributed by atoms with van der Waals surface area (Å²) in [6.45, 7) is 10.3. The SMILES string of the molecule is CC1(C)OC(=O)C=C[C@@]2(C)[C@@H]1C[C@H](O)[C@]1(C)[C@H]2CC[C@@]2(C)[C@@H](c3ccoc3)OC(=O)[C@@H]3O[C@@]312. The Balaban J connectivity index is 1.52. The largest absolute Gasteiger partial charge is 0.472 e. The van der Waals surface area contributed by atoms with Gasteiger partial charge >= 0.3 is 11.9 Å². The van der Waals surface area contributed by atoms with E-state index in [0.717, 1.165) is 18.4 Å². The lowest BCUT2D eigenvalue weighted by Crippen LogP contribution is -2.72. The maximum Gasteiger partial charge on any atom is 0.339 e. The zero-order valence-corrected chi connectivity index (χ0v) is 19.8. The molecule has 4 heterocycles. The first-order valence-electron chi connectivity index (χ1n) is 11.9. The van der Waals surface area contributed by atoms with Gasteiger partial charge < -0.3 is 23.7 Å². The molecule has 178 valence electrons. The monoisotopic (exact) mass is 456 g/mol. The highest BCUT2D eigenvalue weighted by molar-refractivity contribution is 5.83. The summed E-state index contributed by atoms with van der Waals surface area (Å²) in [7, 11) is 0. The van der Waals surface area contributed by atoms with Gasteiger partial charge in [0.2, 0.25) is 0 Å². The van der Waals surface area contributed by atoms with Gasteiger partial charge in [0.05, 0.1) is 18.6 Å². The van der Waals surface area contributed by atoms with Crippen molar-refractivity contribution < 1.29 is 33.3 Å². The molecule has 5 aliphatic rings. The molecule has 9 atom stereocenters. The van der Waals surface area contributed by atoms with Crippen LogP contribution in [0.2, 0.25) is 0 Å². The number of aliphatic hydroxyl groups is 1. The van der Waals surface area contributed by atoms with Gasteiger partial charge in [-0.15, -0.1) is 0 Å². The number of allylic oxidation sites excluding steroid dienone is 1. The van der Waals surface area contributed by atoms with Gasteiger partial charge in [-0.3, -0.25) is 0 Å². The molecule has 0 amide bonds. The highest BCUT2D eigenvalue weighted by Crippen LogP contribution is 2.79. The van der Waals surface area contributed by atoms with Crippen LogP contribution < -0.4 is 0 Å². The topological polar surface area (TPSA) is 98.5 Å². The minimum Gasteiger partial charge on any atom is -0.472 e. The lowest BCUT2D eigenvalue weighted by molar-refractivity contribution is -0.252. The van der Waals surface area contributed by atoms with Crippen molar-refractivity contribution in [2.75, 3.05) is 0 Å². The van der Waals surface area contributed by atoms with Gasteiger partial charge in [0.1, 0.15) is 17.3 Å². The predicted molar refractivity (Wildman–Crippen MR) is 116 cm³/mol. The van der Waals surface area contributed by atoms with E-state index in [1.807, 2.05) is 26.0 Å². The van der Waals surface area contributed by atoms with Gasteiger partial charge in [-0.1, -0.05) is 26.8 Å². The molecule has 0 aromatic carbocycles. The van der Waals surface area contributed by atoms with Crippen molar-refractivity contribution in [1.82, 2.24) is 0 Å². The van der Waals surface area contributed by atoms with Crippen LogP contribution in [0.25, 0.3) is 0 Å². The maximum absolute atomic E-state index is 13.1. The second kappa shape index (κ2) is 6.11. The van der Waals surface area contributed by atoms with Crippen LogP contribution in [-0.2, 0) is 23.8 Å². The van der Waals surface area contributed by atoms with E-state index >= 15 is 0 Å². The molecule has 3 aliphatic heterocycles. The van der Waals surface area contributed by atoms with Crippen LogP contribution in [0.3, 0.4) is 0 Å². The van der Waals surface area contributed by atoms with E-state index in [2.05, 4.69) is 20.8 Å². The Labute approximate surface area is 193 Å². The number of carbonyl (C=O) groups is 2. The number of ether oxygens (including phenoxy) is 3. The normalized spacial score (nSPS) is 51.8. The quantitative estimate of drug-likeness (QED) is 0.508. The van der Waals surface area contributed by atoms with Crippen molar-refractivity contribution in [2.45, 2.75) is 83.4 Å². The number of fused-ring (bicyclic) bond motifs is 3. The highest BCUT2D eigenvalue weighted by atomic mass is 16.7. The summed E-state index contributed by atoms with van der Waals surface area (Å²) in [5, 5.41) is 11.8. The number of hydrogen-bond donors (Lipinski definition) is 1. The van der Waals surface area contributed by atoms with Gasteiger partial charge in [-0.2, -0.15) is 0 Å². The summed E-state index contributed by atoms with van der Waals surface area (Å²) in [5.74, 6) is -0.820. The first kappa shape index (κ1) is 21.4. The fourth-order valence-corrected chi connectivity index (χ4v) is 8.79. The zero-order valence-electron chi connectivity index (χ0n) is 19.8. The molecule has 7 nitrogen and oxygen atoms in total. The van der Waals surface area contributed by atoms with Crippen LogP contribution in [-0.4, -0.2) is 40.5 Å². The minimum atomic E-state index is -0.858. The molecule has 2 saturated carbocycles. The summed E-state index contributed by atoms with van der Waals surface area (Å²) in [4.78, 5) is 25.5. The van der Waals surface area contributed by atoms with Crippen molar-refractivity contribution >= 4 is 11.9 Å². The molecule has 6 rings (SSSR count). The van der Waals surface area contributed by atoms with Crippen molar-refractivity contribution in [3.05, 3.63) is 36.3 Å². The summed E-state index contributed by atoms with van der Waals surface area (Å²) in [5.41, 5.74) is -2.44. The third-order valence-corrected chi connectivity index (χ3v) is 10.2. The Morgan fingerprint density at radius 2 is 1.82 bits per heavy atom. The molecule has 0 bridgehead atoms. The number of rotatable bonds is 1. The molecule has 0 radical (unpaired) electrons. The fraction of sp³-hybridized carbons (Fsp3) is 0.692. The molecular formula is C26H32O7. The number of epoxide rings is 1. The molecule has 2 aliphatic carbocycles. The lowest BCUT2D eigenvalue weighted by Gasteiger charge is -2.67. The second-order valence-electron chi connectivity index (χ2n) is 11.9. The first-order valence-corrected chi connectivity index (χ1v) is 11.9. The number of hydrogen-bond acceptors (Lipinski definition) is 7. The van der Waals surface area contributed by atoms with Gasteiger partial charge in [0, 0.05) is 28.4 Å². The van der Waals surface area contributed by atoms with Crippen LogP contribution in [0.5, 0.6) is 0 Å². The molecular weight excluding hydrogens is 424 g/mol. The van der Waals surface area contributed by atoms with E-state index in [1.54, 1.807) is 18.6 Å². The van der Waals surface area contributed by atoms with Crippen LogP contribution in [0, 0.1) is 28.1 Å². The van der Waals surface area contributed by atoms with Crippen LogP contribution in [0.15, 0.2) is 35.2 Å². The summed E-state index contributed by atoms with van der Waals surface area (Å²) >= 11 is 0. The van der Waals surface area contributed by atoms with Crippen molar-refractivity contribution in [3.8, 4) is 0 Å². The second-order valence-corrected chi connectivity index (χ2v) is 11.9. The average molecular weight is 457 g/mol. The number of furan rings is 1. The summed E-state index contributed by atoms with van der Waals surface area (Å²) in [6, 6.07) is 1.84. The van der Waals surface area contributed by atoms with Gasteiger partial charge in [-0.25, -0.2) is 9.59 Å². The van der Waals surface area contributed by atoms with Crippen molar-refractivity contribution in [1.29, 1.82) is 0 Å². The summed E-state index contributed by atoms with van der Waals surface area (Å²) in [6.07, 6.45) is 6.82. The zero-order chi connectivity index (χ0) is 23.6. The Bertz CT molecular complexity index is 1060. The van der Waals surface area contributed by atoms with E-state index in [1.165, 1.54) is 0 Å². The van der Waals surface area contributed by atoms with E-state index < -0.39 is 45.8 Å². The molecule has 0 unspecified atom stereocenters. The Morgan fingerprint density at radius 3 is 2.52 bits per heavy atom. The van der Waals surface area contributed by atoms with Crippen LogP contribution in [0.1, 0.15) is 65.5 Å². The lowest BCUT2D eigenvalue weighted by atomic mass is 9.37. The average Bonchev–Trinajstić information content (AvgIpc) is 3.33. The van der Waals surface area contributed by atoms with Crippen molar-refractivity contribution in [2.24, 2.45) is 28.1 Å². The molecule has 4 fully saturated rings. The van der Waals surface area contributed by atoms with Gasteiger partial charge in [-0.05, 0) is 50.5 Å². The number of aliphatic hydroxyl groups excluding tert-OH is 1.